The van der Waals surface area contributed by atoms with Gasteiger partial charge in [-0.05, 0) is 12.1 Å². The zero-order valence-corrected chi connectivity index (χ0v) is 9.01. The third kappa shape index (κ3) is 2.13. The van der Waals surface area contributed by atoms with Crippen molar-refractivity contribution >= 4 is 17.4 Å². The van der Waals surface area contributed by atoms with Crippen LogP contribution >= 0.6 is 0 Å². The van der Waals surface area contributed by atoms with Gasteiger partial charge >= 0.3 is 5.97 Å². The molecule has 2 heterocycles. The first-order chi connectivity index (χ1) is 7.81. The van der Waals surface area contributed by atoms with Crippen LogP contribution in [0.4, 0.5) is 5.82 Å². The maximum atomic E-state index is 10.9. The number of hydrogen-bond acceptors (Lipinski definition) is 4. The molecule has 0 radical (unpaired) electrons. The Kier molecular flexibility index (Phi) is 3.05. The molecule has 0 saturated heterocycles. The van der Waals surface area contributed by atoms with E-state index in [2.05, 4.69) is 15.0 Å². The molecule has 84 valence electrons. The van der Waals surface area contributed by atoms with Gasteiger partial charge in [-0.25, -0.2) is 4.98 Å². The number of nitrogens with zero attached hydrogens (tertiary/aromatic N) is 2. The second-order valence-corrected chi connectivity index (χ2v) is 3.32. The zero-order chi connectivity index (χ0) is 11.4. The molecule has 0 aliphatic carbocycles. The maximum absolute atomic E-state index is 10.9. The fraction of sp³-hybridized carbons (Fsp3) is 0.273. The fourth-order valence-electron chi connectivity index (χ4n) is 1.49. The van der Waals surface area contributed by atoms with Gasteiger partial charge < -0.3 is 10.1 Å². The van der Waals surface area contributed by atoms with Crippen LogP contribution in [0, 0.1) is 0 Å². The van der Waals surface area contributed by atoms with Gasteiger partial charge in [-0.3, -0.25) is 9.20 Å². The molecule has 1 N–H and O–H groups in total. The van der Waals surface area contributed by atoms with Crippen molar-refractivity contribution in [3.8, 4) is 0 Å². The summed E-state index contributed by atoms with van der Waals surface area (Å²) in [6, 6.07) is 5.78. The van der Waals surface area contributed by atoms with E-state index in [9.17, 15) is 4.79 Å². The number of imidazole rings is 1. The second-order valence-electron chi connectivity index (χ2n) is 3.32. The van der Waals surface area contributed by atoms with Crippen molar-refractivity contribution in [2.45, 2.75) is 6.42 Å². The van der Waals surface area contributed by atoms with Crippen molar-refractivity contribution in [3.05, 3.63) is 30.6 Å². The van der Waals surface area contributed by atoms with Gasteiger partial charge in [0.1, 0.15) is 11.5 Å². The van der Waals surface area contributed by atoms with Gasteiger partial charge in [-0.1, -0.05) is 6.07 Å². The lowest BCUT2D eigenvalue weighted by atomic mass is 10.4. The predicted octanol–water partition coefficient (Wildman–Crippen LogP) is 1.31. The van der Waals surface area contributed by atoms with Gasteiger partial charge in [0.05, 0.1) is 13.5 Å². The van der Waals surface area contributed by atoms with Gasteiger partial charge in [0, 0.05) is 18.9 Å². The first kappa shape index (κ1) is 10.5. The molecule has 5 heteroatoms. The van der Waals surface area contributed by atoms with Gasteiger partial charge in [0.2, 0.25) is 0 Å². The Morgan fingerprint density at radius 2 is 2.44 bits per heavy atom. The summed E-state index contributed by atoms with van der Waals surface area (Å²) in [5.74, 6) is 0.698. The number of rotatable bonds is 4. The summed E-state index contributed by atoms with van der Waals surface area (Å²) >= 11 is 0. The normalized spacial score (nSPS) is 10.3. The Bertz CT molecular complexity index is 493. The number of fused-ring (bicyclic) bond motifs is 1. The summed E-state index contributed by atoms with van der Waals surface area (Å²) in [6.45, 7) is 0.546. The number of hydrogen-bond donors (Lipinski definition) is 1. The van der Waals surface area contributed by atoms with Crippen LogP contribution in [-0.4, -0.2) is 29.0 Å². The Labute approximate surface area is 93.1 Å². The van der Waals surface area contributed by atoms with Gasteiger partial charge in [0.15, 0.2) is 0 Å². The first-order valence-corrected chi connectivity index (χ1v) is 5.04. The van der Waals surface area contributed by atoms with Crippen LogP contribution in [0.1, 0.15) is 6.42 Å². The zero-order valence-electron chi connectivity index (χ0n) is 9.01. The van der Waals surface area contributed by atoms with Crippen LogP contribution in [0.5, 0.6) is 0 Å². The number of carbonyl (C=O) groups excluding carboxylic acids is 1. The Balaban J connectivity index is 2.04. The van der Waals surface area contributed by atoms with Crippen molar-refractivity contribution in [3.63, 3.8) is 0 Å². The molecule has 0 saturated carbocycles. The Hall–Kier alpha value is -2.04. The van der Waals surface area contributed by atoms with Crippen molar-refractivity contribution in [1.29, 1.82) is 0 Å². The molecule has 2 aromatic rings. The number of nitrogens with one attached hydrogen (secondary N) is 1. The van der Waals surface area contributed by atoms with Crippen LogP contribution in [0.2, 0.25) is 0 Å². The smallest absolute Gasteiger partial charge is 0.307 e. The minimum Gasteiger partial charge on any atom is -0.469 e. The minimum atomic E-state index is -0.217. The van der Waals surface area contributed by atoms with E-state index in [1.54, 1.807) is 6.20 Å². The van der Waals surface area contributed by atoms with Crippen LogP contribution in [0.25, 0.3) is 5.65 Å². The number of carbonyl (C=O) groups is 1. The third-order valence-corrected chi connectivity index (χ3v) is 2.29. The fourth-order valence-corrected chi connectivity index (χ4v) is 1.49. The number of pyridine rings is 1. The highest BCUT2D eigenvalue weighted by Crippen LogP contribution is 2.10. The molecule has 2 aromatic heterocycles. The third-order valence-electron chi connectivity index (χ3n) is 2.29. The van der Waals surface area contributed by atoms with Crippen LogP contribution in [0.15, 0.2) is 30.6 Å². The highest BCUT2D eigenvalue weighted by Gasteiger charge is 2.02. The summed E-state index contributed by atoms with van der Waals surface area (Å²) in [7, 11) is 1.39. The molecule has 0 atom stereocenters. The average Bonchev–Trinajstić information content (AvgIpc) is 2.77. The number of ether oxygens (including phenoxy) is 1. The molecule has 0 spiro atoms. The van der Waals surface area contributed by atoms with E-state index in [0.717, 1.165) is 11.5 Å². The highest BCUT2D eigenvalue weighted by atomic mass is 16.5. The van der Waals surface area contributed by atoms with E-state index in [-0.39, 0.29) is 5.97 Å². The number of anilines is 1. The molecular formula is C11H13N3O2. The summed E-state index contributed by atoms with van der Waals surface area (Å²) < 4.78 is 6.49. The average molecular weight is 219 g/mol. The number of esters is 1. The van der Waals surface area contributed by atoms with E-state index < -0.39 is 0 Å². The molecule has 0 aliphatic heterocycles. The molecular weight excluding hydrogens is 206 g/mol. The van der Waals surface area contributed by atoms with Crippen molar-refractivity contribution in [2.24, 2.45) is 0 Å². The van der Waals surface area contributed by atoms with Gasteiger partial charge in [-0.15, -0.1) is 0 Å². The lowest BCUT2D eigenvalue weighted by molar-refractivity contribution is -0.140. The molecule has 16 heavy (non-hydrogen) atoms. The van der Waals surface area contributed by atoms with Crippen LogP contribution in [-0.2, 0) is 9.53 Å². The van der Waals surface area contributed by atoms with E-state index in [0.29, 0.717) is 13.0 Å². The lowest BCUT2D eigenvalue weighted by Gasteiger charge is -2.07. The summed E-state index contributed by atoms with van der Waals surface area (Å²) in [5, 5.41) is 3.16. The van der Waals surface area contributed by atoms with Crippen molar-refractivity contribution in [2.75, 3.05) is 19.0 Å². The topological polar surface area (TPSA) is 55.6 Å². The molecule has 5 nitrogen and oxygen atoms in total. The maximum Gasteiger partial charge on any atom is 0.307 e. The van der Waals surface area contributed by atoms with E-state index in [1.807, 2.05) is 28.8 Å². The summed E-state index contributed by atoms with van der Waals surface area (Å²) in [6.07, 6.45) is 3.96. The van der Waals surface area contributed by atoms with E-state index in [1.165, 1.54) is 7.11 Å². The largest absolute Gasteiger partial charge is 0.469 e. The minimum absolute atomic E-state index is 0.217. The Morgan fingerprint density at radius 1 is 1.56 bits per heavy atom. The summed E-state index contributed by atoms with van der Waals surface area (Å²) in [5.41, 5.74) is 0.878. The molecule has 0 amide bonds. The van der Waals surface area contributed by atoms with Gasteiger partial charge in [-0.2, -0.15) is 0 Å². The first-order valence-electron chi connectivity index (χ1n) is 5.04. The molecule has 0 aliphatic rings. The molecule has 0 fully saturated rings. The molecule has 0 bridgehead atoms. The quantitative estimate of drug-likeness (QED) is 0.788. The van der Waals surface area contributed by atoms with Crippen molar-refractivity contribution in [1.82, 2.24) is 9.38 Å². The van der Waals surface area contributed by atoms with Crippen molar-refractivity contribution < 1.29 is 9.53 Å². The van der Waals surface area contributed by atoms with E-state index in [4.69, 9.17) is 0 Å². The second kappa shape index (κ2) is 4.65. The van der Waals surface area contributed by atoms with Crippen LogP contribution < -0.4 is 5.32 Å². The monoisotopic (exact) mass is 219 g/mol. The number of aromatic nitrogens is 2. The SMILES string of the molecule is COC(=O)CCNc1cccc2nccn12. The van der Waals surface area contributed by atoms with E-state index >= 15 is 0 Å². The molecule has 0 unspecified atom stereocenters. The standard InChI is InChI=1S/C11H13N3O2/c1-16-11(15)5-6-12-9-3-2-4-10-13-7-8-14(9)10/h2-4,7-8,12H,5-6H2,1H3. The molecule has 2 rings (SSSR count). The molecule has 0 aromatic carbocycles. The van der Waals surface area contributed by atoms with Gasteiger partial charge in [0.25, 0.3) is 0 Å². The van der Waals surface area contributed by atoms with Crippen LogP contribution in [0.3, 0.4) is 0 Å². The summed E-state index contributed by atoms with van der Waals surface area (Å²) in [4.78, 5) is 15.1. The lowest BCUT2D eigenvalue weighted by Crippen LogP contribution is -2.11. The highest BCUT2D eigenvalue weighted by molar-refractivity contribution is 5.69. The number of methoxy groups -OCH3 is 1. The predicted molar refractivity (Wildman–Crippen MR) is 60.3 cm³/mol. The Morgan fingerprint density at radius 3 is 3.25 bits per heavy atom.